The van der Waals surface area contributed by atoms with E-state index >= 15 is 0 Å². The molecule has 0 spiro atoms. The predicted octanol–water partition coefficient (Wildman–Crippen LogP) is 1.65. The number of amides is 1. The lowest BCUT2D eigenvalue weighted by atomic mass is 9.92. The van der Waals surface area contributed by atoms with E-state index in [1.807, 2.05) is 20.8 Å². The molecular weight excluding hydrogens is 244 g/mol. The second kappa shape index (κ2) is 4.72. The molecular formula is C13H16N4O2. The van der Waals surface area contributed by atoms with Crippen LogP contribution in [0, 0.1) is 0 Å². The quantitative estimate of drug-likeness (QED) is 0.766. The summed E-state index contributed by atoms with van der Waals surface area (Å²) in [5.74, 6) is -0.0769. The molecule has 6 nitrogen and oxygen atoms in total. The Morgan fingerprint density at radius 1 is 1.37 bits per heavy atom. The maximum Gasteiger partial charge on any atom is 0.262 e. The van der Waals surface area contributed by atoms with E-state index in [9.17, 15) is 9.59 Å². The number of nitrogens with zero attached hydrogens (tertiary/aromatic N) is 1. The van der Waals surface area contributed by atoms with Gasteiger partial charge in [-0.3, -0.25) is 14.7 Å². The molecule has 19 heavy (non-hydrogen) atoms. The molecule has 0 aliphatic carbocycles. The molecule has 6 heteroatoms. The Bertz CT molecular complexity index is 649. The standard InChI is InChI=1S/C13H16N4O2/c1-13(2,3)10-6-11(17-16-10)15-12(19)8-7-14-5-4-9(8)18/h4-7H,1-3H3,(H,14,18)(H2,15,16,17,19). The minimum absolute atomic E-state index is 0.0582. The number of pyridine rings is 1. The van der Waals surface area contributed by atoms with Crippen molar-refractivity contribution in [3.8, 4) is 0 Å². The molecule has 3 N–H and O–H groups in total. The lowest BCUT2D eigenvalue weighted by molar-refractivity contribution is 0.102. The Hall–Kier alpha value is -2.37. The first-order valence-electron chi connectivity index (χ1n) is 5.92. The van der Waals surface area contributed by atoms with Gasteiger partial charge in [0.1, 0.15) is 5.56 Å². The highest BCUT2D eigenvalue weighted by atomic mass is 16.2. The molecule has 2 rings (SSSR count). The maximum absolute atomic E-state index is 11.9. The van der Waals surface area contributed by atoms with Crippen molar-refractivity contribution in [1.82, 2.24) is 15.2 Å². The van der Waals surface area contributed by atoms with E-state index in [4.69, 9.17) is 0 Å². The van der Waals surface area contributed by atoms with Crippen LogP contribution in [0.1, 0.15) is 36.8 Å². The van der Waals surface area contributed by atoms with Crippen LogP contribution in [0.15, 0.2) is 29.3 Å². The summed E-state index contributed by atoms with van der Waals surface area (Å²) in [6.45, 7) is 6.11. The number of H-pyrrole nitrogens is 2. The van der Waals surface area contributed by atoms with E-state index < -0.39 is 5.91 Å². The average Bonchev–Trinajstić information content (AvgIpc) is 2.77. The maximum atomic E-state index is 11.9. The lowest BCUT2D eigenvalue weighted by Gasteiger charge is -2.14. The SMILES string of the molecule is CC(C)(C)c1cc(NC(=O)c2c[nH]ccc2=O)n[nH]1. The smallest absolute Gasteiger partial charge is 0.262 e. The third kappa shape index (κ3) is 2.90. The molecule has 0 aliphatic heterocycles. The van der Waals surface area contributed by atoms with E-state index in [0.717, 1.165) is 5.69 Å². The van der Waals surface area contributed by atoms with Gasteiger partial charge >= 0.3 is 0 Å². The van der Waals surface area contributed by atoms with Gasteiger partial charge in [0.15, 0.2) is 11.2 Å². The lowest BCUT2D eigenvalue weighted by Crippen LogP contribution is -2.21. The molecule has 0 saturated carbocycles. The van der Waals surface area contributed by atoms with Crippen LogP contribution in [0.3, 0.4) is 0 Å². The van der Waals surface area contributed by atoms with Crippen LogP contribution in [0.5, 0.6) is 0 Å². The summed E-state index contributed by atoms with van der Waals surface area (Å²) >= 11 is 0. The van der Waals surface area contributed by atoms with Crippen molar-refractivity contribution >= 4 is 11.7 Å². The summed E-state index contributed by atoms with van der Waals surface area (Å²) in [7, 11) is 0. The van der Waals surface area contributed by atoms with Gasteiger partial charge < -0.3 is 10.3 Å². The Labute approximate surface area is 110 Å². The predicted molar refractivity (Wildman–Crippen MR) is 72.3 cm³/mol. The van der Waals surface area contributed by atoms with Crippen LogP contribution in [0.4, 0.5) is 5.82 Å². The average molecular weight is 260 g/mol. The van der Waals surface area contributed by atoms with Gasteiger partial charge in [0.2, 0.25) is 0 Å². The Morgan fingerprint density at radius 2 is 2.11 bits per heavy atom. The summed E-state index contributed by atoms with van der Waals surface area (Å²) in [6.07, 6.45) is 2.85. The number of anilines is 1. The molecule has 0 bridgehead atoms. The number of hydrogen-bond acceptors (Lipinski definition) is 3. The fraction of sp³-hybridized carbons (Fsp3) is 0.308. The van der Waals surface area contributed by atoms with Gasteiger partial charge in [-0.1, -0.05) is 20.8 Å². The van der Waals surface area contributed by atoms with Crippen LogP contribution < -0.4 is 10.7 Å². The molecule has 0 atom stereocenters. The highest BCUT2D eigenvalue weighted by Gasteiger charge is 2.18. The molecule has 0 saturated heterocycles. The zero-order valence-electron chi connectivity index (χ0n) is 11.1. The number of hydrogen-bond donors (Lipinski definition) is 3. The number of carbonyl (C=O) groups excluding carboxylic acids is 1. The first-order chi connectivity index (χ1) is 8.88. The van der Waals surface area contributed by atoms with Crippen LogP contribution >= 0.6 is 0 Å². The normalized spacial score (nSPS) is 11.3. The molecule has 0 radical (unpaired) electrons. The van der Waals surface area contributed by atoms with Crippen molar-refractivity contribution in [3.05, 3.63) is 46.0 Å². The number of aromatic nitrogens is 3. The largest absolute Gasteiger partial charge is 0.367 e. The minimum Gasteiger partial charge on any atom is -0.367 e. The topological polar surface area (TPSA) is 90.6 Å². The number of nitrogens with one attached hydrogen (secondary N) is 3. The summed E-state index contributed by atoms with van der Waals surface area (Å²) in [5.41, 5.74) is 0.552. The van der Waals surface area contributed by atoms with E-state index in [1.165, 1.54) is 18.5 Å². The van der Waals surface area contributed by atoms with Crippen LogP contribution in [0.2, 0.25) is 0 Å². The fourth-order valence-electron chi connectivity index (χ4n) is 1.55. The van der Waals surface area contributed by atoms with Crippen LogP contribution in [0.25, 0.3) is 0 Å². The number of rotatable bonds is 2. The second-order valence-electron chi connectivity index (χ2n) is 5.29. The van der Waals surface area contributed by atoms with E-state index in [0.29, 0.717) is 5.82 Å². The van der Waals surface area contributed by atoms with Gasteiger partial charge in [0, 0.05) is 35.6 Å². The van der Waals surface area contributed by atoms with Gasteiger partial charge in [-0.25, -0.2) is 0 Å². The van der Waals surface area contributed by atoms with E-state index in [-0.39, 0.29) is 16.4 Å². The minimum atomic E-state index is -0.478. The van der Waals surface area contributed by atoms with E-state index in [2.05, 4.69) is 20.5 Å². The van der Waals surface area contributed by atoms with Crippen molar-refractivity contribution in [1.29, 1.82) is 0 Å². The molecule has 0 fully saturated rings. The molecule has 100 valence electrons. The highest BCUT2D eigenvalue weighted by molar-refractivity contribution is 6.03. The molecule has 0 unspecified atom stereocenters. The molecule has 0 aromatic carbocycles. The highest BCUT2D eigenvalue weighted by Crippen LogP contribution is 2.21. The van der Waals surface area contributed by atoms with Gasteiger partial charge in [0.25, 0.3) is 5.91 Å². The second-order valence-corrected chi connectivity index (χ2v) is 5.29. The molecule has 2 heterocycles. The van der Waals surface area contributed by atoms with Crippen molar-refractivity contribution in [2.45, 2.75) is 26.2 Å². The number of carbonyl (C=O) groups is 1. The van der Waals surface area contributed by atoms with Crippen LogP contribution in [-0.4, -0.2) is 21.1 Å². The summed E-state index contributed by atoms with van der Waals surface area (Å²) in [5, 5.41) is 9.47. The Morgan fingerprint density at radius 3 is 2.68 bits per heavy atom. The van der Waals surface area contributed by atoms with Gasteiger partial charge in [-0.05, 0) is 0 Å². The van der Waals surface area contributed by atoms with Crippen molar-refractivity contribution < 1.29 is 4.79 Å². The van der Waals surface area contributed by atoms with Crippen molar-refractivity contribution in [3.63, 3.8) is 0 Å². The first-order valence-corrected chi connectivity index (χ1v) is 5.92. The molecule has 2 aromatic heterocycles. The Balaban J connectivity index is 2.19. The molecule has 0 aliphatic rings. The Kier molecular flexibility index (Phi) is 3.25. The van der Waals surface area contributed by atoms with Crippen LogP contribution in [-0.2, 0) is 5.41 Å². The first kappa shape index (κ1) is 13.1. The third-order valence-electron chi connectivity index (χ3n) is 2.70. The zero-order chi connectivity index (χ0) is 14.0. The third-order valence-corrected chi connectivity index (χ3v) is 2.70. The molecule has 1 amide bonds. The number of aromatic amines is 2. The van der Waals surface area contributed by atoms with E-state index in [1.54, 1.807) is 6.07 Å². The fourth-order valence-corrected chi connectivity index (χ4v) is 1.55. The molecule has 2 aromatic rings. The summed E-state index contributed by atoms with van der Waals surface area (Å²) in [4.78, 5) is 26.1. The monoisotopic (exact) mass is 260 g/mol. The van der Waals surface area contributed by atoms with Gasteiger partial charge in [0.05, 0.1) is 0 Å². The summed E-state index contributed by atoms with van der Waals surface area (Å²) < 4.78 is 0. The van der Waals surface area contributed by atoms with Gasteiger partial charge in [-0.15, -0.1) is 0 Å². The zero-order valence-corrected chi connectivity index (χ0v) is 11.1. The van der Waals surface area contributed by atoms with Gasteiger partial charge in [-0.2, -0.15) is 5.10 Å². The van der Waals surface area contributed by atoms with Crippen molar-refractivity contribution in [2.75, 3.05) is 5.32 Å². The summed E-state index contributed by atoms with van der Waals surface area (Å²) in [6, 6.07) is 3.06. The van der Waals surface area contributed by atoms with Crippen molar-refractivity contribution in [2.24, 2.45) is 0 Å².